The highest BCUT2D eigenvalue weighted by molar-refractivity contribution is 5.92. The third-order valence-corrected chi connectivity index (χ3v) is 4.47. The summed E-state index contributed by atoms with van der Waals surface area (Å²) >= 11 is 0. The van der Waals surface area contributed by atoms with Gasteiger partial charge in [-0.2, -0.15) is 0 Å². The molecule has 0 saturated carbocycles. The van der Waals surface area contributed by atoms with Crippen LogP contribution in [0.25, 0.3) is 0 Å². The summed E-state index contributed by atoms with van der Waals surface area (Å²) in [5.41, 5.74) is -0.327. The van der Waals surface area contributed by atoms with Crippen LogP contribution >= 0.6 is 0 Å². The first-order valence-electron chi connectivity index (χ1n) is 11.0. The molecular weight excluding hydrogens is 410 g/mol. The van der Waals surface area contributed by atoms with Crippen molar-refractivity contribution < 1.29 is 24.2 Å². The number of ether oxygens (including phenoxy) is 1. The Balaban J connectivity index is 3.37. The van der Waals surface area contributed by atoms with Crippen LogP contribution in [0.1, 0.15) is 79.0 Å². The second kappa shape index (κ2) is 10.7. The van der Waals surface area contributed by atoms with E-state index in [1.165, 1.54) is 4.90 Å². The molecule has 0 aliphatic rings. The third-order valence-electron chi connectivity index (χ3n) is 4.47. The molecule has 0 saturated heterocycles. The second-order valence-electron chi connectivity index (χ2n) is 10.1. The molecule has 3 amide bonds. The summed E-state index contributed by atoms with van der Waals surface area (Å²) in [6.45, 7) is 16.2. The minimum Gasteiger partial charge on any atom is -0.507 e. The zero-order valence-corrected chi connectivity index (χ0v) is 20.8. The fourth-order valence-corrected chi connectivity index (χ4v) is 3.19. The molecule has 0 heterocycles. The Labute approximate surface area is 191 Å². The average molecular weight is 450 g/mol. The van der Waals surface area contributed by atoms with Crippen molar-refractivity contribution >= 4 is 17.9 Å². The summed E-state index contributed by atoms with van der Waals surface area (Å²) in [7, 11) is 0. The van der Waals surface area contributed by atoms with E-state index in [-0.39, 0.29) is 12.3 Å². The maximum Gasteiger partial charge on any atom is 0.408 e. The molecule has 1 aromatic rings. The Bertz CT molecular complexity index is 824. The van der Waals surface area contributed by atoms with E-state index in [0.29, 0.717) is 17.5 Å². The zero-order valence-electron chi connectivity index (χ0n) is 20.8. The number of aryl methyl sites for hydroxylation is 1. The van der Waals surface area contributed by atoms with Crippen LogP contribution < -0.4 is 10.6 Å². The fourth-order valence-electron chi connectivity index (χ4n) is 3.19. The molecule has 2 unspecified atom stereocenters. The maximum absolute atomic E-state index is 13.4. The molecule has 0 spiro atoms. The summed E-state index contributed by atoms with van der Waals surface area (Å²) in [6.07, 6.45) is -0.138. The molecule has 0 radical (unpaired) electrons. The highest BCUT2D eigenvalue weighted by atomic mass is 16.6. The van der Waals surface area contributed by atoms with Gasteiger partial charge in [-0.3, -0.25) is 9.59 Å². The molecule has 180 valence electrons. The van der Waals surface area contributed by atoms with E-state index in [2.05, 4.69) is 10.6 Å². The largest absolute Gasteiger partial charge is 0.507 e. The van der Waals surface area contributed by atoms with Crippen LogP contribution in [-0.2, 0) is 14.3 Å². The molecule has 3 N–H and O–H groups in total. The Morgan fingerprint density at radius 1 is 1.12 bits per heavy atom. The van der Waals surface area contributed by atoms with Crippen molar-refractivity contribution in [1.82, 2.24) is 15.5 Å². The highest BCUT2D eigenvalue weighted by Gasteiger charge is 2.37. The van der Waals surface area contributed by atoms with Gasteiger partial charge in [0.15, 0.2) is 0 Å². The topological polar surface area (TPSA) is 108 Å². The summed E-state index contributed by atoms with van der Waals surface area (Å²) < 4.78 is 5.25. The zero-order chi connectivity index (χ0) is 24.9. The van der Waals surface area contributed by atoms with Gasteiger partial charge in [-0.1, -0.05) is 25.1 Å². The molecular formula is C24H39N3O5. The smallest absolute Gasteiger partial charge is 0.408 e. The van der Waals surface area contributed by atoms with Gasteiger partial charge in [-0.05, 0) is 67.4 Å². The molecule has 1 aromatic carbocycles. The first-order chi connectivity index (χ1) is 14.6. The Morgan fingerprint density at radius 2 is 1.72 bits per heavy atom. The molecule has 0 bridgehead atoms. The summed E-state index contributed by atoms with van der Waals surface area (Å²) in [4.78, 5) is 40.3. The van der Waals surface area contributed by atoms with E-state index in [4.69, 9.17) is 4.74 Å². The van der Waals surface area contributed by atoms with Crippen molar-refractivity contribution in [1.29, 1.82) is 0 Å². The lowest BCUT2D eigenvalue weighted by atomic mass is 9.98. The number of amides is 3. The first kappa shape index (κ1) is 27.3. The van der Waals surface area contributed by atoms with Crippen molar-refractivity contribution in [3.63, 3.8) is 0 Å². The third kappa shape index (κ3) is 8.05. The normalized spacial score (nSPS) is 13.7. The number of benzene rings is 1. The molecule has 8 nitrogen and oxygen atoms in total. The van der Waals surface area contributed by atoms with Crippen LogP contribution in [0.4, 0.5) is 4.79 Å². The van der Waals surface area contributed by atoms with Gasteiger partial charge in [0.05, 0.1) is 0 Å². The molecule has 32 heavy (non-hydrogen) atoms. The second-order valence-corrected chi connectivity index (χ2v) is 10.1. The van der Waals surface area contributed by atoms with Gasteiger partial charge in [0.25, 0.3) is 0 Å². The molecule has 2 atom stereocenters. The number of nitrogens with one attached hydrogen (secondary N) is 2. The number of phenolic OH excluding ortho intramolecular Hbond substituents is 1. The van der Waals surface area contributed by atoms with Crippen molar-refractivity contribution in [2.24, 2.45) is 0 Å². The van der Waals surface area contributed by atoms with Gasteiger partial charge < -0.3 is 25.4 Å². The number of para-hydroxylation sites is 1. The van der Waals surface area contributed by atoms with Crippen LogP contribution in [0, 0.1) is 6.92 Å². The number of carbonyl (C=O) groups is 3. The maximum atomic E-state index is 13.4. The van der Waals surface area contributed by atoms with Crippen LogP contribution in [0.3, 0.4) is 0 Å². The van der Waals surface area contributed by atoms with Gasteiger partial charge in [-0.25, -0.2) is 4.79 Å². The van der Waals surface area contributed by atoms with Crippen molar-refractivity contribution in [2.75, 3.05) is 6.54 Å². The number of hydrogen-bond donors (Lipinski definition) is 3. The van der Waals surface area contributed by atoms with Crippen LogP contribution in [0.2, 0.25) is 0 Å². The molecule has 0 fully saturated rings. The number of alkyl carbamates (subject to hydrolysis) is 1. The van der Waals surface area contributed by atoms with Gasteiger partial charge >= 0.3 is 6.09 Å². The quantitative estimate of drug-likeness (QED) is 0.587. The van der Waals surface area contributed by atoms with Gasteiger partial charge in [0, 0.05) is 17.6 Å². The van der Waals surface area contributed by atoms with Crippen molar-refractivity contribution in [2.45, 2.75) is 92.0 Å². The van der Waals surface area contributed by atoms with Gasteiger partial charge in [-0.15, -0.1) is 0 Å². The summed E-state index contributed by atoms with van der Waals surface area (Å²) in [5.74, 6) is -0.902. The Kier molecular flexibility index (Phi) is 9.12. The van der Waals surface area contributed by atoms with E-state index in [1.54, 1.807) is 52.8 Å². The lowest BCUT2D eigenvalue weighted by molar-refractivity contribution is -0.142. The predicted molar refractivity (Wildman–Crippen MR) is 124 cm³/mol. The van der Waals surface area contributed by atoms with E-state index < -0.39 is 41.1 Å². The molecule has 0 aliphatic heterocycles. The molecule has 8 heteroatoms. The fraction of sp³-hybridized carbons (Fsp3) is 0.625. The van der Waals surface area contributed by atoms with Crippen molar-refractivity contribution in [3.8, 4) is 5.75 Å². The van der Waals surface area contributed by atoms with E-state index in [0.717, 1.165) is 0 Å². The predicted octanol–water partition coefficient (Wildman–Crippen LogP) is 3.81. The average Bonchev–Trinajstić information content (AvgIpc) is 2.60. The Hall–Kier alpha value is -2.77. The van der Waals surface area contributed by atoms with Gasteiger partial charge in [0.1, 0.15) is 23.4 Å². The lowest BCUT2D eigenvalue weighted by Crippen LogP contribution is -2.54. The monoisotopic (exact) mass is 449 g/mol. The number of phenols is 1. The number of aromatic hydroxyl groups is 1. The molecule has 0 aromatic heterocycles. The van der Waals surface area contributed by atoms with Gasteiger partial charge in [0.2, 0.25) is 11.8 Å². The minimum absolute atomic E-state index is 0.0387. The standard InChI is InChI=1S/C24H39N3O5/c1-10-14-27(21(30)16(3)25-22(31)32-24(7,8)9)18(20(29)26-23(4,5)6)17-13-11-12-15(2)19(17)28/h11-13,16,18,28H,10,14H2,1-9H3,(H,25,31)(H,26,29). The summed E-state index contributed by atoms with van der Waals surface area (Å²) in [6, 6.07) is 3.10. The minimum atomic E-state index is -1.07. The van der Waals surface area contributed by atoms with Crippen LogP contribution in [0.5, 0.6) is 5.75 Å². The highest BCUT2D eigenvalue weighted by Crippen LogP contribution is 2.32. The van der Waals surface area contributed by atoms with E-state index >= 15 is 0 Å². The van der Waals surface area contributed by atoms with Crippen molar-refractivity contribution in [3.05, 3.63) is 29.3 Å². The lowest BCUT2D eigenvalue weighted by Gasteiger charge is -2.35. The number of nitrogens with zero attached hydrogens (tertiary/aromatic N) is 1. The number of rotatable bonds is 7. The molecule has 0 aliphatic carbocycles. The molecule has 1 rings (SSSR count). The van der Waals surface area contributed by atoms with E-state index in [9.17, 15) is 19.5 Å². The van der Waals surface area contributed by atoms with Crippen LogP contribution in [0.15, 0.2) is 18.2 Å². The van der Waals surface area contributed by atoms with Crippen LogP contribution in [-0.4, -0.2) is 51.6 Å². The SMILES string of the molecule is CCCN(C(=O)C(C)NC(=O)OC(C)(C)C)C(C(=O)NC(C)(C)C)c1cccc(C)c1O. The summed E-state index contributed by atoms with van der Waals surface area (Å²) in [5, 5.41) is 16.2. The number of carbonyl (C=O) groups excluding carboxylic acids is 3. The first-order valence-corrected chi connectivity index (χ1v) is 11.0. The Morgan fingerprint density at radius 3 is 2.22 bits per heavy atom. The number of hydrogen-bond acceptors (Lipinski definition) is 5. The van der Waals surface area contributed by atoms with E-state index in [1.807, 2.05) is 27.7 Å².